The molecule has 1 atom stereocenters. The van der Waals surface area contributed by atoms with Gasteiger partial charge in [0.25, 0.3) is 0 Å². The fourth-order valence-electron chi connectivity index (χ4n) is 4.14. The van der Waals surface area contributed by atoms with E-state index in [1.807, 2.05) is 63.2 Å². The summed E-state index contributed by atoms with van der Waals surface area (Å²) in [5.41, 5.74) is 1.48. The largest absolute Gasteiger partial charge is 0.460 e. The Balaban J connectivity index is 1.68. The van der Waals surface area contributed by atoms with Gasteiger partial charge in [-0.05, 0) is 69.9 Å². The number of rotatable bonds is 9. The van der Waals surface area contributed by atoms with E-state index in [1.54, 1.807) is 12.1 Å². The van der Waals surface area contributed by atoms with Crippen molar-refractivity contribution >= 4 is 33.6 Å². The van der Waals surface area contributed by atoms with Crippen molar-refractivity contribution in [3.8, 4) is 0 Å². The van der Waals surface area contributed by atoms with Crippen LogP contribution < -0.4 is 4.90 Å². The third kappa shape index (κ3) is 7.07. The molecular weight excluding hydrogens is 482 g/mol. The smallest absolute Gasteiger partial charge is 0.338 e. The van der Waals surface area contributed by atoms with Crippen molar-refractivity contribution in [2.75, 3.05) is 23.3 Å². The van der Waals surface area contributed by atoms with Gasteiger partial charge < -0.3 is 14.4 Å². The second-order valence-corrected chi connectivity index (χ2v) is 10.5. The summed E-state index contributed by atoms with van der Waals surface area (Å²) >= 11 is 3.50. The van der Waals surface area contributed by atoms with Crippen LogP contribution in [0.15, 0.2) is 54.6 Å². The van der Waals surface area contributed by atoms with E-state index in [1.165, 1.54) is 0 Å². The maximum atomic E-state index is 13.3. The Hall–Kier alpha value is -2.34. The second-order valence-electron chi connectivity index (χ2n) is 9.71. The van der Waals surface area contributed by atoms with Crippen LogP contribution in [0, 0.1) is 5.41 Å². The first kappa shape index (κ1) is 25.3. The second kappa shape index (κ2) is 11.2. The van der Waals surface area contributed by atoms with Crippen LogP contribution in [-0.4, -0.2) is 36.0 Å². The van der Waals surface area contributed by atoms with E-state index in [2.05, 4.69) is 20.8 Å². The lowest BCUT2D eigenvalue weighted by atomic mass is 9.82. The molecule has 0 aliphatic carbocycles. The molecule has 0 bridgehead atoms. The van der Waals surface area contributed by atoms with Crippen molar-refractivity contribution in [1.82, 2.24) is 0 Å². The predicted octanol–water partition coefficient (Wildman–Crippen LogP) is 6.15. The molecule has 3 rings (SSSR count). The Labute approximate surface area is 205 Å². The zero-order valence-corrected chi connectivity index (χ0v) is 21.4. The number of nitrogens with zero attached hydrogens (tertiary/aromatic N) is 1. The molecule has 0 amide bonds. The van der Waals surface area contributed by atoms with Crippen molar-refractivity contribution < 1.29 is 19.1 Å². The molecule has 1 heterocycles. The minimum atomic E-state index is -0.528. The highest BCUT2D eigenvalue weighted by Gasteiger charge is 2.45. The molecule has 0 spiro atoms. The van der Waals surface area contributed by atoms with Crippen LogP contribution in [0.25, 0.3) is 0 Å². The maximum absolute atomic E-state index is 13.3. The quantitative estimate of drug-likeness (QED) is 0.228. The minimum absolute atomic E-state index is 0.117. The first-order chi connectivity index (χ1) is 15.7. The molecule has 1 fully saturated rings. The molecular formula is C27H34BrNO4. The lowest BCUT2D eigenvalue weighted by molar-refractivity contribution is -0.156. The van der Waals surface area contributed by atoms with Crippen molar-refractivity contribution in [2.24, 2.45) is 5.41 Å². The normalized spacial score (nSPS) is 18.2. The van der Waals surface area contributed by atoms with Crippen LogP contribution in [0.2, 0.25) is 0 Å². The fourth-order valence-corrected chi connectivity index (χ4v) is 4.54. The summed E-state index contributed by atoms with van der Waals surface area (Å²) in [6.07, 6.45) is 3.56. The van der Waals surface area contributed by atoms with Gasteiger partial charge in [0.2, 0.25) is 0 Å². The number of unbranched alkanes of at least 4 members (excludes halogenated alkanes) is 1. The molecule has 0 aromatic heterocycles. The average molecular weight is 516 g/mol. The van der Waals surface area contributed by atoms with Crippen LogP contribution in [0.5, 0.6) is 0 Å². The highest BCUT2D eigenvalue weighted by Crippen LogP contribution is 2.39. The summed E-state index contributed by atoms with van der Waals surface area (Å²) in [4.78, 5) is 27.8. The van der Waals surface area contributed by atoms with Gasteiger partial charge in [-0.1, -0.05) is 52.7 Å². The molecule has 5 nitrogen and oxygen atoms in total. The van der Waals surface area contributed by atoms with E-state index in [4.69, 9.17) is 9.47 Å². The zero-order valence-electron chi connectivity index (χ0n) is 19.8. The van der Waals surface area contributed by atoms with Gasteiger partial charge in [0.1, 0.15) is 12.2 Å². The summed E-state index contributed by atoms with van der Waals surface area (Å²) in [6, 6.07) is 17.3. The van der Waals surface area contributed by atoms with E-state index in [0.717, 1.165) is 48.8 Å². The van der Waals surface area contributed by atoms with Crippen molar-refractivity contribution in [2.45, 2.75) is 58.7 Å². The van der Waals surface area contributed by atoms with E-state index >= 15 is 0 Å². The van der Waals surface area contributed by atoms with Crippen molar-refractivity contribution in [3.05, 3.63) is 65.7 Å². The number of hydrogen-bond acceptors (Lipinski definition) is 5. The van der Waals surface area contributed by atoms with Crippen molar-refractivity contribution in [3.63, 3.8) is 0 Å². The van der Waals surface area contributed by atoms with Gasteiger partial charge in [0, 0.05) is 24.1 Å². The summed E-state index contributed by atoms with van der Waals surface area (Å²) in [7, 11) is 0. The third-order valence-electron chi connectivity index (χ3n) is 5.91. The van der Waals surface area contributed by atoms with E-state index in [-0.39, 0.29) is 11.9 Å². The number of carbonyl (C=O) groups excluding carboxylic acids is 2. The summed E-state index contributed by atoms with van der Waals surface area (Å²) < 4.78 is 11.2. The highest BCUT2D eigenvalue weighted by atomic mass is 79.9. The lowest BCUT2D eigenvalue weighted by Crippen LogP contribution is -2.36. The number of benzene rings is 2. The van der Waals surface area contributed by atoms with Gasteiger partial charge in [0.15, 0.2) is 0 Å². The van der Waals surface area contributed by atoms with Crippen LogP contribution >= 0.6 is 15.9 Å². The molecule has 2 aromatic rings. The Bertz CT molecular complexity index is 923. The van der Waals surface area contributed by atoms with Gasteiger partial charge in [0.05, 0.1) is 11.0 Å². The van der Waals surface area contributed by atoms with Gasteiger partial charge in [-0.15, -0.1) is 0 Å². The molecule has 1 saturated heterocycles. The fraction of sp³-hybridized carbons (Fsp3) is 0.481. The summed E-state index contributed by atoms with van der Waals surface area (Å²) in [6.45, 7) is 7.26. The minimum Gasteiger partial charge on any atom is -0.460 e. The lowest BCUT2D eigenvalue weighted by Gasteiger charge is -2.28. The van der Waals surface area contributed by atoms with Gasteiger partial charge in [-0.25, -0.2) is 4.79 Å². The van der Waals surface area contributed by atoms with Gasteiger partial charge in [-0.3, -0.25) is 4.79 Å². The number of halogens is 1. The highest BCUT2D eigenvalue weighted by molar-refractivity contribution is 9.09. The summed E-state index contributed by atoms with van der Waals surface area (Å²) in [5.74, 6) is -0.446. The molecule has 1 aliphatic heterocycles. The standard InChI is InChI=1S/C27H34BrNO4/c1-26(2,3)33-24(30)22-11-13-23(14-12-22)29-18-16-27(20-29,15-7-8-17-28)25(31)32-19-21-9-5-4-6-10-21/h4-6,9-14H,7-8,15-20H2,1-3H3. The Morgan fingerprint density at radius 2 is 1.73 bits per heavy atom. The SMILES string of the molecule is CC(C)(C)OC(=O)c1ccc(N2CCC(CCCCBr)(C(=O)OCc3ccccc3)C2)cc1. The van der Waals surface area contributed by atoms with Crippen LogP contribution in [0.4, 0.5) is 5.69 Å². The Morgan fingerprint density at radius 3 is 2.36 bits per heavy atom. The molecule has 6 heteroatoms. The number of ether oxygens (including phenoxy) is 2. The molecule has 0 radical (unpaired) electrons. The predicted molar refractivity (Wildman–Crippen MR) is 135 cm³/mol. The molecule has 1 aliphatic rings. The molecule has 33 heavy (non-hydrogen) atoms. The van der Waals surface area contributed by atoms with E-state index in [9.17, 15) is 9.59 Å². The number of hydrogen-bond donors (Lipinski definition) is 0. The number of alkyl halides is 1. The Morgan fingerprint density at radius 1 is 1.03 bits per heavy atom. The number of carbonyl (C=O) groups is 2. The van der Waals surface area contributed by atoms with Gasteiger partial charge >= 0.3 is 11.9 Å². The first-order valence-corrected chi connectivity index (χ1v) is 12.7. The monoisotopic (exact) mass is 515 g/mol. The van der Waals surface area contributed by atoms with E-state index in [0.29, 0.717) is 18.7 Å². The van der Waals surface area contributed by atoms with E-state index < -0.39 is 11.0 Å². The maximum Gasteiger partial charge on any atom is 0.338 e. The molecule has 0 saturated carbocycles. The average Bonchev–Trinajstić information content (AvgIpc) is 3.23. The van der Waals surface area contributed by atoms with Crippen LogP contribution in [0.3, 0.4) is 0 Å². The Kier molecular flexibility index (Phi) is 8.57. The number of anilines is 1. The molecule has 1 unspecified atom stereocenters. The first-order valence-electron chi connectivity index (χ1n) is 11.6. The molecule has 2 aromatic carbocycles. The van der Waals surface area contributed by atoms with Crippen LogP contribution in [0.1, 0.15) is 62.4 Å². The van der Waals surface area contributed by atoms with Crippen molar-refractivity contribution in [1.29, 1.82) is 0 Å². The topological polar surface area (TPSA) is 55.8 Å². The molecule has 178 valence electrons. The zero-order chi connectivity index (χ0) is 23.9. The van der Waals surface area contributed by atoms with Gasteiger partial charge in [-0.2, -0.15) is 0 Å². The molecule has 0 N–H and O–H groups in total. The van der Waals surface area contributed by atoms with Crippen LogP contribution in [-0.2, 0) is 20.9 Å². The summed E-state index contributed by atoms with van der Waals surface area (Å²) in [5, 5.41) is 0.929. The third-order valence-corrected chi connectivity index (χ3v) is 6.47. The number of esters is 2.